The van der Waals surface area contributed by atoms with Gasteiger partial charge in [-0.15, -0.1) is 11.3 Å². The van der Waals surface area contributed by atoms with Gasteiger partial charge in [0.25, 0.3) is 5.91 Å². The Balaban J connectivity index is 1.31. The number of benzene rings is 1. The van der Waals surface area contributed by atoms with Gasteiger partial charge >= 0.3 is 0 Å². The highest BCUT2D eigenvalue weighted by Gasteiger charge is 2.28. The Morgan fingerprint density at radius 1 is 1.03 bits per heavy atom. The van der Waals surface area contributed by atoms with Crippen molar-refractivity contribution in [2.24, 2.45) is 0 Å². The molecule has 1 aliphatic rings. The number of thiazole rings is 1. The van der Waals surface area contributed by atoms with Crippen molar-refractivity contribution in [2.45, 2.75) is 20.4 Å². The molecule has 8 nitrogen and oxygen atoms in total. The van der Waals surface area contributed by atoms with Crippen LogP contribution in [0.1, 0.15) is 27.2 Å². The lowest BCUT2D eigenvalue weighted by Gasteiger charge is -2.34. The molecule has 0 spiro atoms. The molecule has 1 amide bonds. The number of carbonyl (C=O) groups excluding carboxylic acids is 1. The summed E-state index contributed by atoms with van der Waals surface area (Å²) in [6.45, 7) is 7.96. The third-order valence-corrected chi connectivity index (χ3v) is 7.90. The van der Waals surface area contributed by atoms with Crippen LogP contribution in [0.5, 0.6) is 0 Å². The van der Waals surface area contributed by atoms with Gasteiger partial charge in [-0.2, -0.15) is 5.10 Å². The van der Waals surface area contributed by atoms with Gasteiger partial charge in [0.15, 0.2) is 0 Å². The van der Waals surface area contributed by atoms with E-state index in [-0.39, 0.29) is 5.91 Å². The third-order valence-electron chi connectivity index (χ3n) is 6.79. The maximum absolute atomic E-state index is 13.8. The van der Waals surface area contributed by atoms with Crippen LogP contribution in [0.3, 0.4) is 0 Å². The number of H-pyrrole nitrogens is 1. The second-order valence-corrected chi connectivity index (χ2v) is 10.4. The second kappa shape index (κ2) is 9.84. The van der Waals surface area contributed by atoms with E-state index in [9.17, 15) is 4.79 Å². The molecule has 5 heterocycles. The maximum atomic E-state index is 13.8. The molecule has 0 aliphatic carbocycles. The Morgan fingerprint density at radius 3 is 2.59 bits per heavy atom. The Morgan fingerprint density at radius 2 is 1.84 bits per heavy atom. The van der Waals surface area contributed by atoms with Gasteiger partial charge in [-0.25, -0.2) is 4.98 Å². The summed E-state index contributed by atoms with van der Waals surface area (Å²) in [5.41, 5.74) is 6.66. The van der Waals surface area contributed by atoms with Crippen molar-refractivity contribution >= 4 is 28.1 Å². The Labute approximate surface area is 219 Å². The van der Waals surface area contributed by atoms with Crippen LogP contribution in [0.4, 0.5) is 0 Å². The number of aromatic amines is 1. The molecule has 0 bridgehead atoms. The quantitative estimate of drug-likeness (QED) is 0.369. The van der Waals surface area contributed by atoms with Crippen molar-refractivity contribution in [3.8, 4) is 21.1 Å². The minimum absolute atomic E-state index is 0.0443. The molecule has 0 saturated carbocycles. The highest BCUT2D eigenvalue weighted by Crippen LogP contribution is 2.38. The van der Waals surface area contributed by atoms with Crippen LogP contribution in [-0.4, -0.2) is 67.0 Å². The van der Waals surface area contributed by atoms with Gasteiger partial charge in [-0.1, -0.05) is 17.7 Å². The number of aromatic nitrogens is 5. The van der Waals surface area contributed by atoms with Crippen molar-refractivity contribution in [1.29, 1.82) is 0 Å². The van der Waals surface area contributed by atoms with E-state index in [0.717, 1.165) is 62.8 Å². The highest BCUT2D eigenvalue weighted by molar-refractivity contribution is 7.18. The van der Waals surface area contributed by atoms with Gasteiger partial charge in [-0.3, -0.25) is 24.8 Å². The molecule has 1 N–H and O–H groups in total. The topological polar surface area (TPSA) is 90.9 Å². The van der Waals surface area contributed by atoms with Crippen LogP contribution in [0.15, 0.2) is 61.2 Å². The minimum Gasteiger partial charge on any atom is -0.335 e. The van der Waals surface area contributed by atoms with E-state index in [4.69, 9.17) is 4.98 Å². The summed E-state index contributed by atoms with van der Waals surface area (Å²) in [5.74, 6) is -0.0443. The molecule has 0 radical (unpaired) electrons. The SMILES string of the molecule is Cc1cc(C)c2[nH]nc(-c3nc(C(=O)N4CCN(Cc5ccncc5)CC4)c(-c4cccnc4)s3)c2c1. The van der Waals surface area contributed by atoms with Crippen LogP contribution in [0.25, 0.3) is 32.0 Å². The number of fused-ring (bicyclic) bond motifs is 1. The Bertz CT molecular complexity index is 1550. The number of aryl methyl sites for hydroxylation is 2. The standard InChI is InChI=1S/C28H27N7OS/c1-18-14-19(2)23-22(15-18)24(33-32-23)27-31-25(26(37-27)21-4-3-7-30-16-21)28(36)35-12-10-34(11-13-35)17-20-5-8-29-9-6-20/h3-9,14-16H,10-13,17H2,1-2H3,(H,32,33). The number of amides is 1. The molecular weight excluding hydrogens is 482 g/mol. The maximum Gasteiger partial charge on any atom is 0.274 e. The first kappa shape index (κ1) is 23.4. The summed E-state index contributed by atoms with van der Waals surface area (Å²) in [7, 11) is 0. The van der Waals surface area contributed by atoms with Crippen LogP contribution in [0.2, 0.25) is 0 Å². The number of carbonyl (C=O) groups is 1. The zero-order valence-corrected chi connectivity index (χ0v) is 21.6. The van der Waals surface area contributed by atoms with Gasteiger partial charge in [0.2, 0.25) is 0 Å². The molecule has 186 valence electrons. The third kappa shape index (κ3) is 4.63. The van der Waals surface area contributed by atoms with Crippen molar-refractivity contribution < 1.29 is 4.79 Å². The van der Waals surface area contributed by atoms with Crippen molar-refractivity contribution in [3.05, 3.63) is 83.6 Å². The average molecular weight is 510 g/mol. The normalized spacial score (nSPS) is 14.4. The Kier molecular flexibility index (Phi) is 6.23. The molecule has 6 rings (SSSR count). The molecule has 5 aromatic rings. The molecule has 4 aromatic heterocycles. The molecule has 1 saturated heterocycles. The van der Waals surface area contributed by atoms with Crippen LogP contribution in [-0.2, 0) is 6.54 Å². The van der Waals surface area contributed by atoms with E-state index in [1.54, 1.807) is 12.4 Å². The minimum atomic E-state index is -0.0443. The Hall–Kier alpha value is -3.95. The molecule has 9 heteroatoms. The van der Waals surface area contributed by atoms with Gasteiger partial charge in [0.1, 0.15) is 16.4 Å². The fourth-order valence-corrected chi connectivity index (χ4v) is 5.95. The summed E-state index contributed by atoms with van der Waals surface area (Å²) in [4.78, 5) is 32.2. The highest BCUT2D eigenvalue weighted by atomic mass is 32.1. The summed E-state index contributed by atoms with van der Waals surface area (Å²) in [6.07, 6.45) is 7.17. The zero-order chi connectivity index (χ0) is 25.4. The van der Waals surface area contributed by atoms with E-state index < -0.39 is 0 Å². The van der Waals surface area contributed by atoms with Crippen LogP contribution >= 0.6 is 11.3 Å². The lowest BCUT2D eigenvalue weighted by molar-refractivity contribution is 0.0624. The molecule has 1 aliphatic heterocycles. The van der Waals surface area contributed by atoms with Crippen molar-refractivity contribution in [3.63, 3.8) is 0 Å². The van der Waals surface area contributed by atoms with Gasteiger partial charge in [-0.05, 0) is 49.2 Å². The monoisotopic (exact) mass is 509 g/mol. The lowest BCUT2D eigenvalue weighted by Crippen LogP contribution is -2.48. The van der Waals surface area contributed by atoms with E-state index in [2.05, 4.69) is 51.0 Å². The second-order valence-electron chi connectivity index (χ2n) is 9.44. The predicted molar refractivity (Wildman–Crippen MR) is 145 cm³/mol. The summed E-state index contributed by atoms with van der Waals surface area (Å²) < 4.78 is 0. The number of rotatable bonds is 5. The first-order chi connectivity index (χ1) is 18.1. The summed E-state index contributed by atoms with van der Waals surface area (Å²) in [5, 5.41) is 9.53. The molecular formula is C28H27N7OS. The summed E-state index contributed by atoms with van der Waals surface area (Å²) >= 11 is 1.49. The van der Waals surface area contributed by atoms with Crippen molar-refractivity contribution in [1.82, 2.24) is 34.9 Å². The number of piperazine rings is 1. The van der Waals surface area contributed by atoms with Gasteiger partial charge in [0.05, 0.1) is 10.4 Å². The molecule has 0 atom stereocenters. The van der Waals surface area contributed by atoms with Gasteiger partial charge < -0.3 is 4.90 Å². The number of nitrogens with zero attached hydrogens (tertiary/aromatic N) is 6. The number of pyridine rings is 2. The fourth-order valence-electron chi connectivity index (χ4n) is 4.90. The summed E-state index contributed by atoms with van der Waals surface area (Å²) in [6, 6.07) is 12.2. The smallest absolute Gasteiger partial charge is 0.274 e. The molecule has 1 aromatic carbocycles. The van der Waals surface area contributed by atoms with Crippen LogP contribution in [0, 0.1) is 13.8 Å². The van der Waals surface area contributed by atoms with Gasteiger partial charge in [0, 0.05) is 68.5 Å². The number of hydrogen-bond acceptors (Lipinski definition) is 7. The zero-order valence-electron chi connectivity index (χ0n) is 20.8. The molecule has 37 heavy (non-hydrogen) atoms. The molecule has 0 unspecified atom stereocenters. The average Bonchev–Trinajstić information content (AvgIpc) is 3.55. The first-order valence-corrected chi connectivity index (χ1v) is 13.2. The largest absolute Gasteiger partial charge is 0.335 e. The number of nitrogens with one attached hydrogen (secondary N) is 1. The predicted octanol–water partition coefficient (Wildman–Crippen LogP) is 4.72. The first-order valence-electron chi connectivity index (χ1n) is 12.3. The lowest BCUT2D eigenvalue weighted by atomic mass is 10.1. The van der Waals surface area contributed by atoms with E-state index in [0.29, 0.717) is 18.8 Å². The van der Waals surface area contributed by atoms with Crippen molar-refractivity contribution in [2.75, 3.05) is 26.2 Å². The fraction of sp³-hybridized carbons (Fsp3) is 0.250. The van der Waals surface area contributed by atoms with Crippen LogP contribution < -0.4 is 0 Å². The van der Waals surface area contributed by atoms with E-state index in [1.165, 1.54) is 16.9 Å². The molecule has 1 fully saturated rings. The van der Waals surface area contributed by atoms with E-state index >= 15 is 0 Å². The number of hydrogen-bond donors (Lipinski definition) is 1. The van der Waals surface area contributed by atoms with E-state index in [1.807, 2.05) is 41.6 Å².